The van der Waals surface area contributed by atoms with Gasteiger partial charge in [-0.15, -0.1) is 10.2 Å². The quantitative estimate of drug-likeness (QED) is 0.233. The van der Waals surface area contributed by atoms with Crippen molar-refractivity contribution in [1.82, 2.24) is 4.98 Å². The summed E-state index contributed by atoms with van der Waals surface area (Å²) in [5.74, 6) is 0.00882. The van der Waals surface area contributed by atoms with Gasteiger partial charge >= 0.3 is 0 Å². The number of pyridine rings is 1. The Kier molecular flexibility index (Phi) is 12.0. The molecule has 0 aliphatic heterocycles. The number of halogens is 2. The van der Waals surface area contributed by atoms with Gasteiger partial charge in [0.1, 0.15) is 11.4 Å². The molecule has 0 spiro atoms. The number of carbonyl (C=O) groups excluding carboxylic acids is 2. The van der Waals surface area contributed by atoms with Crippen LogP contribution < -0.4 is 0 Å². The summed E-state index contributed by atoms with van der Waals surface area (Å²) in [5.41, 5.74) is 5.23. The molecule has 56 heavy (non-hydrogen) atoms. The summed E-state index contributed by atoms with van der Waals surface area (Å²) >= 11 is 12.7. The van der Waals surface area contributed by atoms with Crippen LogP contribution in [0, 0.1) is 21.7 Å². The molecule has 290 valence electrons. The highest BCUT2D eigenvalue weighted by atomic mass is 35.5. The van der Waals surface area contributed by atoms with Crippen molar-refractivity contribution in [1.29, 1.82) is 0 Å². The van der Waals surface area contributed by atoms with Crippen molar-refractivity contribution in [2.45, 2.75) is 83.1 Å². The number of carbonyl (C=O) groups is 2. The second-order valence-electron chi connectivity index (χ2n) is 18.3. The third-order valence-electron chi connectivity index (χ3n) is 9.34. The zero-order chi connectivity index (χ0) is 41.4. The van der Waals surface area contributed by atoms with E-state index >= 15 is 0 Å². The van der Waals surface area contributed by atoms with Crippen LogP contribution in [0.2, 0.25) is 10.0 Å². The van der Waals surface area contributed by atoms with Crippen molar-refractivity contribution in [3.63, 3.8) is 0 Å². The highest BCUT2D eigenvalue weighted by molar-refractivity contribution is 6.31. The standard InChI is InChI=1S/C47H51Cl2N5O2/c1-44(2,3)34-22-28(23-35(42(34)55)45(4,5)6)40(53-51-32-18-13-16-30(48)26-32)38-20-15-21-39(50-38)41(54-52-33-19-14-17-31(49)27-33)29-24-36(46(7,8)9)43(56)37(25-29)47(10,11)12/h13-27H,1-12H3/b53-51+,54-52+. The van der Waals surface area contributed by atoms with Crippen LogP contribution in [0.1, 0.15) is 94.5 Å². The number of ketones is 2. The van der Waals surface area contributed by atoms with E-state index in [0.717, 1.165) is 0 Å². The first-order chi connectivity index (χ1) is 25.9. The molecule has 2 aliphatic carbocycles. The van der Waals surface area contributed by atoms with Crippen LogP contribution in [-0.4, -0.2) is 16.6 Å². The van der Waals surface area contributed by atoms with Gasteiger partial charge in [0, 0.05) is 43.5 Å². The van der Waals surface area contributed by atoms with Crippen molar-refractivity contribution in [3.8, 4) is 0 Å². The van der Waals surface area contributed by atoms with Gasteiger partial charge in [-0.25, -0.2) is 4.98 Å². The summed E-state index contributed by atoms with van der Waals surface area (Å²) in [6, 6.07) is 19.9. The molecule has 0 amide bonds. The van der Waals surface area contributed by atoms with Gasteiger partial charge in [-0.3, -0.25) is 9.59 Å². The molecule has 0 N–H and O–H groups in total. The summed E-state index contributed by atoms with van der Waals surface area (Å²) in [7, 11) is 0. The molecule has 0 saturated carbocycles. The Balaban J connectivity index is 1.86. The molecular formula is C47H51Cl2N5O2. The molecule has 0 bridgehead atoms. The Morgan fingerprint density at radius 1 is 0.482 bits per heavy atom. The van der Waals surface area contributed by atoms with E-state index in [1.807, 2.05) is 150 Å². The number of Topliss-reactive ketones (excluding diaryl/α,β-unsaturated/α-hetero) is 2. The smallest absolute Gasteiger partial charge is 0.186 e. The fraction of sp³-hybridized carbons (Fsp3) is 0.340. The second-order valence-corrected chi connectivity index (χ2v) is 19.1. The zero-order valence-electron chi connectivity index (χ0n) is 34.5. The largest absolute Gasteiger partial charge is 0.289 e. The summed E-state index contributed by atoms with van der Waals surface area (Å²) in [6.07, 6.45) is 7.61. The van der Waals surface area contributed by atoms with Crippen LogP contribution >= 0.6 is 23.2 Å². The van der Waals surface area contributed by atoms with E-state index in [9.17, 15) is 9.59 Å². The predicted octanol–water partition coefficient (Wildman–Crippen LogP) is 14.4. The highest BCUT2D eigenvalue weighted by Gasteiger charge is 2.36. The van der Waals surface area contributed by atoms with Gasteiger partial charge in [0.05, 0.1) is 22.8 Å². The van der Waals surface area contributed by atoms with Gasteiger partial charge < -0.3 is 0 Å². The predicted molar refractivity (Wildman–Crippen MR) is 230 cm³/mol. The van der Waals surface area contributed by atoms with Crippen LogP contribution in [0.5, 0.6) is 0 Å². The minimum Gasteiger partial charge on any atom is -0.289 e. The number of aromatic nitrogens is 1. The van der Waals surface area contributed by atoms with Crippen LogP contribution in [-0.2, 0) is 9.59 Å². The molecule has 2 aromatic carbocycles. The van der Waals surface area contributed by atoms with E-state index in [2.05, 4.69) is 10.2 Å². The molecule has 0 radical (unpaired) electrons. The van der Waals surface area contributed by atoms with Crippen LogP contribution in [0.15, 0.2) is 145 Å². The van der Waals surface area contributed by atoms with Crippen LogP contribution in [0.3, 0.4) is 0 Å². The maximum Gasteiger partial charge on any atom is 0.186 e. The van der Waals surface area contributed by atoms with Crippen LogP contribution in [0.25, 0.3) is 11.4 Å². The first-order valence-electron chi connectivity index (χ1n) is 18.7. The Morgan fingerprint density at radius 2 is 0.786 bits per heavy atom. The maximum atomic E-state index is 14.0. The van der Waals surface area contributed by atoms with E-state index in [1.54, 1.807) is 24.3 Å². The van der Waals surface area contributed by atoms with E-state index in [-0.39, 0.29) is 11.6 Å². The number of hydrogen-bond acceptors (Lipinski definition) is 7. The average molecular weight is 789 g/mol. The lowest BCUT2D eigenvalue weighted by atomic mass is 9.71. The Hall–Kier alpha value is -4.85. The molecule has 3 aromatic rings. The fourth-order valence-corrected chi connectivity index (χ4v) is 6.63. The number of azo groups is 2. The van der Waals surface area contributed by atoms with Gasteiger partial charge in [0.2, 0.25) is 0 Å². The lowest BCUT2D eigenvalue weighted by molar-refractivity contribution is -0.114. The molecule has 1 heterocycles. The van der Waals surface area contributed by atoms with Crippen molar-refractivity contribution < 1.29 is 9.59 Å². The lowest BCUT2D eigenvalue weighted by Gasteiger charge is -2.31. The van der Waals surface area contributed by atoms with Crippen molar-refractivity contribution in [2.75, 3.05) is 0 Å². The average Bonchev–Trinajstić information content (AvgIpc) is 3.07. The third kappa shape index (κ3) is 9.93. The first kappa shape index (κ1) is 42.3. The topological polar surface area (TPSA) is 96.5 Å². The molecule has 0 saturated heterocycles. The Bertz CT molecular complexity index is 2110. The number of rotatable bonds is 6. The summed E-state index contributed by atoms with van der Waals surface area (Å²) in [4.78, 5) is 33.1. The summed E-state index contributed by atoms with van der Waals surface area (Å²) < 4.78 is 0. The van der Waals surface area contributed by atoms with Gasteiger partial charge in [-0.1, -0.05) is 124 Å². The van der Waals surface area contributed by atoms with E-state index in [0.29, 0.717) is 77.6 Å². The van der Waals surface area contributed by atoms with Gasteiger partial charge in [-0.05, 0) is 94.5 Å². The molecule has 9 heteroatoms. The van der Waals surface area contributed by atoms with E-state index in [1.165, 1.54) is 0 Å². The highest BCUT2D eigenvalue weighted by Crippen LogP contribution is 2.43. The van der Waals surface area contributed by atoms with Gasteiger partial charge in [0.25, 0.3) is 0 Å². The lowest BCUT2D eigenvalue weighted by Crippen LogP contribution is -2.28. The molecule has 5 rings (SSSR count). The zero-order valence-corrected chi connectivity index (χ0v) is 36.0. The molecule has 7 nitrogen and oxygen atoms in total. The first-order valence-corrected chi connectivity index (χ1v) is 19.5. The minimum absolute atomic E-state index is 0.00441. The number of nitrogens with zero attached hydrogens (tertiary/aromatic N) is 5. The number of benzene rings is 2. The van der Waals surface area contributed by atoms with Crippen LogP contribution in [0.4, 0.5) is 11.4 Å². The Labute approximate surface area is 341 Å². The molecule has 0 atom stereocenters. The molecular weight excluding hydrogens is 737 g/mol. The number of hydrogen-bond donors (Lipinski definition) is 0. The summed E-state index contributed by atoms with van der Waals surface area (Å²) in [5, 5.41) is 20.0. The third-order valence-corrected chi connectivity index (χ3v) is 9.81. The van der Waals surface area contributed by atoms with Crippen molar-refractivity contribution in [3.05, 3.63) is 146 Å². The normalized spacial score (nSPS) is 16.0. The molecule has 2 aliphatic rings. The maximum absolute atomic E-state index is 14.0. The second kappa shape index (κ2) is 16.0. The minimum atomic E-state index is -0.456. The van der Waals surface area contributed by atoms with E-state index < -0.39 is 21.7 Å². The van der Waals surface area contributed by atoms with Crippen molar-refractivity contribution in [2.24, 2.45) is 42.1 Å². The van der Waals surface area contributed by atoms with Gasteiger partial charge in [0.15, 0.2) is 11.6 Å². The molecule has 0 fully saturated rings. The Morgan fingerprint density at radius 3 is 1.07 bits per heavy atom. The number of allylic oxidation sites excluding steroid dienone is 10. The molecule has 1 aromatic heterocycles. The SMILES string of the molecule is CC(C)(C)C1=CC(=C(/N=N/c2cccc(Cl)c2)c2cccc(C(/N=N/c3cccc(Cl)c3)=C3C=C(C(C)(C)C)C(=O)C(C(C)(C)C)=C3)n2)C=C(C(C)(C)C)C1=O. The van der Waals surface area contributed by atoms with E-state index in [4.69, 9.17) is 38.4 Å². The van der Waals surface area contributed by atoms with Gasteiger partial charge in [-0.2, -0.15) is 10.2 Å². The fourth-order valence-electron chi connectivity index (χ4n) is 6.26. The van der Waals surface area contributed by atoms with Crippen molar-refractivity contribution >= 4 is 57.5 Å². The summed E-state index contributed by atoms with van der Waals surface area (Å²) in [6.45, 7) is 24.4. The monoisotopic (exact) mass is 787 g/mol. The molecule has 0 unspecified atom stereocenters.